The molecule has 0 saturated heterocycles. The summed E-state index contributed by atoms with van der Waals surface area (Å²) in [5, 5.41) is 0.781. The molecule has 0 bridgehead atoms. The highest BCUT2D eigenvalue weighted by atomic mass is 32.2. The van der Waals surface area contributed by atoms with E-state index in [0.29, 0.717) is 17.6 Å². The van der Waals surface area contributed by atoms with E-state index in [9.17, 15) is 13.2 Å². The third-order valence-electron chi connectivity index (χ3n) is 4.76. The van der Waals surface area contributed by atoms with Crippen LogP contribution in [-0.4, -0.2) is 35.9 Å². The first-order valence-corrected chi connectivity index (χ1v) is 10.6. The summed E-state index contributed by atoms with van der Waals surface area (Å²) in [6.07, 6.45) is 8.64. The monoisotopic (exact) mass is 402 g/mol. The number of benzene rings is 1. The second-order valence-electron chi connectivity index (χ2n) is 8.20. The number of hydrogen-bond acceptors (Lipinski definition) is 4. The predicted octanol–water partition coefficient (Wildman–Crippen LogP) is 4.47. The highest BCUT2D eigenvalue weighted by molar-refractivity contribution is 7.91. The minimum absolute atomic E-state index is 0.406. The third-order valence-corrected chi connectivity index (χ3v) is 7.08. The van der Waals surface area contributed by atoms with Crippen molar-refractivity contribution in [1.82, 2.24) is 3.97 Å². The van der Waals surface area contributed by atoms with Crippen molar-refractivity contribution in [2.75, 3.05) is 11.9 Å². The van der Waals surface area contributed by atoms with Gasteiger partial charge >= 0.3 is 6.09 Å². The first-order chi connectivity index (χ1) is 12.9. The quantitative estimate of drug-likeness (QED) is 0.760. The van der Waals surface area contributed by atoms with Gasteiger partial charge in [-0.05, 0) is 52.3 Å². The molecule has 3 rings (SSSR count). The molecule has 1 atom stereocenters. The van der Waals surface area contributed by atoms with Crippen molar-refractivity contribution >= 4 is 32.7 Å². The number of allylic oxidation sites excluding steroid dienone is 3. The lowest BCUT2D eigenvalue weighted by Crippen LogP contribution is -2.37. The Morgan fingerprint density at radius 3 is 2.54 bits per heavy atom. The van der Waals surface area contributed by atoms with E-state index < -0.39 is 26.5 Å². The van der Waals surface area contributed by atoms with Crippen LogP contribution in [-0.2, 0) is 14.8 Å². The zero-order chi connectivity index (χ0) is 20.7. The van der Waals surface area contributed by atoms with Crippen molar-refractivity contribution in [3.8, 4) is 0 Å². The zero-order valence-corrected chi connectivity index (χ0v) is 17.7. The van der Waals surface area contributed by atoms with Crippen LogP contribution in [0.2, 0.25) is 0 Å². The summed E-state index contributed by atoms with van der Waals surface area (Å²) in [7, 11) is -2.09. The van der Waals surface area contributed by atoms with Crippen LogP contribution in [0, 0.1) is 0 Å². The van der Waals surface area contributed by atoms with E-state index in [-0.39, 0.29) is 0 Å². The number of fused-ring (bicyclic) bond motifs is 1. The van der Waals surface area contributed by atoms with Crippen molar-refractivity contribution in [3.05, 3.63) is 54.8 Å². The Labute approximate surface area is 166 Å². The highest BCUT2D eigenvalue weighted by Crippen LogP contribution is 2.32. The summed E-state index contributed by atoms with van der Waals surface area (Å²) in [6, 6.07) is 7.03. The Kier molecular flexibility index (Phi) is 4.91. The number of hydrogen-bond donors (Lipinski definition) is 0. The molecule has 0 fully saturated rings. The van der Waals surface area contributed by atoms with Crippen LogP contribution in [0.3, 0.4) is 0 Å². The summed E-state index contributed by atoms with van der Waals surface area (Å²) < 4.78 is 32.4. The van der Waals surface area contributed by atoms with Gasteiger partial charge in [-0.3, -0.25) is 4.90 Å². The Balaban J connectivity index is 2.03. The van der Waals surface area contributed by atoms with Gasteiger partial charge in [0, 0.05) is 24.3 Å². The number of ether oxygens (including phenoxy) is 1. The van der Waals surface area contributed by atoms with Gasteiger partial charge in [-0.15, -0.1) is 0 Å². The Morgan fingerprint density at radius 1 is 1.21 bits per heavy atom. The lowest BCUT2D eigenvalue weighted by molar-refractivity contribution is 0.0589. The van der Waals surface area contributed by atoms with Gasteiger partial charge in [0.1, 0.15) is 10.3 Å². The lowest BCUT2D eigenvalue weighted by Gasteiger charge is -2.27. The molecule has 0 spiro atoms. The van der Waals surface area contributed by atoms with Gasteiger partial charge in [0.15, 0.2) is 0 Å². The maximum Gasteiger partial charge on any atom is 0.414 e. The molecule has 2 aromatic rings. The molecular formula is C21H26N2O4S. The molecule has 150 valence electrons. The number of amides is 1. The van der Waals surface area contributed by atoms with Crippen molar-refractivity contribution in [2.45, 2.75) is 44.5 Å². The molecule has 1 amide bonds. The molecule has 1 unspecified atom stereocenters. The van der Waals surface area contributed by atoms with Crippen LogP contribution in [0.25, 0.3) is 10.9 Å². The lowest BCUT2D eigenvalue weighted by atomic mass is 10.0. The second kappa shape index (κ2) is 6.81. The minimum Gasteiger partial charge on any atom is -0.443 e. The molecule has 1 aliphatic carbocycles. The van der Waals surface area contributed by atoms with Crippen LogP contribution in [0.4, 0.5) is 10.5 Å². The average molecular weight is 403 g/mol. The van der Waals surface area contributed by atoms with E-state index in [1.165, 1.54) is 8.87 Å². The maximum absolute atomic E-state index is 13.4. The van der Waals surface area contributed by atoms with Crippen LogP contribution >= 0.6 is 0 Å². The van der Waals surface area contributed by atoms with Gasteiger partial charge in [-0.25, -0.2) is 17.2 Å². The molecular weight excluding hydrogens is 376 g/mol. The smallest absolute Gasteiger partial charge is 0.414 e. The summed E-state index contributed by atoms with van der Waals surface area (Å²) in [6.45, 7) is 7.11. The molecule has 0 N–H and O–H groups in total. The first kappa shape index (κ1) is 20.2. The van der Waals surface area contributed by atoms with E-state index in [1.54, 1.807) is 77.4 Å². The summed E-state index contributed by atoms with van der Waals surface area (Å²) >= 11 is 0. The zero-order valence-electron chi connectivity index (χ0n) is 16.8. The number of anilines is 1. The normalized spacial score (nSPS) is 19.8. The largest absolute Gasteiger partial charge is 0.443 e. The fourth-order valence-corrected chi connectivity index (χ4v) is 4.71. The van der Waals surface area contributed by atoms with Gasteiger partial charge in [0.05, 0.1) is 5.52 Å². The van der Waals surface area contributed by atoms with Crippen LogP contribution in [0.15, 0.2) is 54.8 Å². The van der Waals surface area contributed by atoms with E-state index in [2.05, 4.69) is 0 Å². The second-order valence-corrected chi connectivity index (χ2v) is 10.5. The van der Waals surface area contributed by atoms with Crippen molar-refractivity contribution in [3.63, 3.8) is 0 Å². The third kappa shape index (κ3) is 3.58. The van der Waals surface area contributed by atoms with Crippen LogP contribution < -0.4 is 4.90 Å². The van der Waals surface area contributed by atoms with Gasteiger partial charge in [0.2, 0.25) is 10.0 Å². The molecule has 1 heterocycles. The first-order valence-electron chi connectivity index (χ1n) is 9.12. The Morgan fingerprint density at radius 2 is 1.93 bits per heavy atom. The molecule has 28 heavy (non-hydrogen) atoms. The molecule has 6 nitrogen and oxygen atoms in total. The number of aromatic nitrogens is 1. The number of rotatable bonds is 3. The fourth-order valence-electron chi connectivity index (χ4n) is 3.07. The Hall–Kier alpha value is -2.54. The van der Waals surface area contributed by atoms with Crippen molar-refractivity contribution in [1.29, 1.82) is 0 Å². The summed E-state index contributed by atoms with van der Waals surface area (Å²) in [5.41, 5.74) is 0.465. The van der Waals surface area contributed by atoms with E-state index in [4.69, 9.17) is 4.74 Å². The average Bonchev–Trinajstić information content (AvgIpc) is 3.04. The Bertz CT molecular complexity index is 1070. The van der Waals surface area contributed by atoms with Gasteiger partial charge in [-0.1, -0.05) is 30.4 Å². The number of carbonyl (C=O) groups excluding carboxylic acids is 1. The van der Waals surface area contributed by atoms with Gasteiger partial charge < -0.3 is 4.74 Å². The fraction of sp³-hybridized carbons (Fsp3) is 0.381. The molecule has 1 aromatic carbocycles. The topological polar surface area (TPSA) is 68.6 Å². The molecule has 0 radical (unpaired) electrons. The van der Waals surface area contributed by atoms with Gasteiger partial charge in [0.25, 0.3) is 0 Å². The van der Waals surface area contributed by atoms with Gasteiger partial charge in [-0.2, -0.15) is 0 Å². The molecule has 7 heteroatoms. The number of carbonyl (C=O) groups is 1. The molecule has 0 aliphatic heterocycles. The molecule has 1 aromatic heterocycles. The van der Waals surface area contributed by atoms with E-state index in [0.717, 1.165) is 5.39 Å². The van der Waals surface area contributed by atoms with E-state index >= 15 is 0 Å². The SMILES string of the molecule is CN(C(=O)OC(C)(C)C)c1ccc2ccn(S(=O)(=O)C3(C)C=CC=CC3)c2c1. The van der Waals surface area contributed by atoms with Crippen LogP contribution in [0.1, 0.15) is 34.1 Å². The standard InChI is InChI=1S/C21H26N2O4S/c1-20(2,3)27-19(24)22(5)17-10-9-16-11-14-23(18(16)15-17)28(25,26)21(4)12-7-6-8-13-21/h6-12,14-15H,13H2,1-5H3. The maximum atomic E-state index is 13.4. The van der Waals surface area contributed by atoms with E-state index in [1.807, 2.05) is 12.2 Å². The van der Waals surface area contributed by atoms with Crippen molar-refractivity contribution < 1.29 is 17.9 Å². The highest BCUT2D eigenvalue weighted by Gasteiger charge is 2.38. The number of nitrogens with zero attached hydrogens (tertiary/aromatic N) is 2. The molecule has 0 saturated carbocycles. The molecule has 1 aliphatic rings. The van der Waals surface area contributed by atoms with Crippen molar-refractivity contribution in [2.24, 2.45) is 0 Å². The minimum atomic E-state index is -3.69. The summed E-state index contributed by atoms with van der Waals surface area (Å²) in [5.74, 6) is 0. The summed E-state index contributed by atoms with van der Waals surface area (Å²) in [4.78, 5) is 13.8. The predicted molar refractivity (Wildman–Crippen MR) is 112 cm³/mol. The van der Waals surface area contributed by atoms with Crippen LogP contribution in [0.5, 0.6) is 0 Å².